The van der Waals surface area contributed by atoms with E-state index in [-0.39, 0.29) is 5.91 Å². The van der Waals surface area contributed by atoms with E-state index in [0.717, 1.165) is 18.5 Å². The number of aryl methyl sites for hydroxylation is 4. The first-order chi connectivity index (χ1) is 10.1. The Balaban J connectivity index is 1.94. The maximum atomic E-state index is 12.1. The number of carbonyl (C=O) groups excluding carboxylic acids is 1. The summed E-state index contributed by atoms with van der Waals surface area (Å²) in [6, 6.07) is 14.4. The van der Waals surface area contributed by atoms with E-state index in [1.807, 2.05) is 18.2 Å². The first-order valence-electron chi connectivity index (χ1n) is 7.54. The quantitative estimate of drug-likeness (QED) is 0.862. The van der Waals surface area contributed by atoms with Crippen LogP contribution in [0.4, 0.5) is 5.69 Å². The fraction of sp³-hybridized carbons (Fsp3) is 0.316. The molecule has 0 saturated carbocycles. The summed E-state index contributed by atoms with van der Waals surface area (Å²) >= 11 is 0. The molecule has 0 fully saturated rings. The maximum Gasteiger partial charge on any atom is 0.224 e. The molecule has 0 bridgehead atoms. The van der Waals surface area contributed by atoms with Crippen LogP contribution in [0, 0.1) is 13.8 Å². The number of carbonyl (C=O) groups is 1. The Morgan fingerprint density at radius 1 is 1.05 bits per heavy atom. The summed E-state index contributed by atoms with van der Waals surface area (Å²) in [5.41, 5.74) is 5.91. The van der Waals surface area contributed by atoms with Crippen molar-refractivity contribution in [3.05, 3.63) is 64.7 Å². The van der Waals surface area contributed by atoms with Crippen LogP contribution in [0.3, 0.4) is 0 Å². The Kier molecular flexibility index (Phi) is 5.15. The summed E-state index contributed by atoms with van der Waals surface area (Å²) < 4.78 is 0. The lowest BCUT2D eigenvalue weighted by Gasteiger charge is -2.10. The van der Waals surface area contributed by atoms with Gasteiger partial charge in [0.2, 0.25) is 5.91 Å². The molecule has 1 amide bonds. The Bertz CT molecular complexity index is 631. The molecule has 21 heavy (non-hydrogen) atoms. The van der Waals surface area contributed by atoms with Crippen molar-refractivity contribution in [2.75, 3.05) is 5.32 Å². The predicted octanol–water partition coefficient (Wildman–Crippen LogP) is 4.44. The van der Waals surface area contributed by atoms with Crippen LogP contribution in [0.2, 0.25) is 0 Å². The highest BCUT2D eigenvalue weighted by molar-refractivity contribution is 5.91. The molecule has 2 heteroatoms. The van der Waals surface area contributed by atoms with E-state index in [2.05, 4.69) is 50.4 Å². The second-order valence-electron chi connectivity index (χ2n) is 5.48. The third-order valence-corrected chi connectivity index (χ3v) is 3.88. The number of hydrogen-bond acceptors (Lipinski definition) is 1. The van der Waals surface area contributed by atoms with Gasteiger partial charge in [0, 0.05) is 12.1 Å². The smallest absolute Gasteiger partial charge is 0.224 e. The number of benzene rings is 2. The topological polar surface area (TPSA) is 29.1 Å². The Morgan fingerprint density at radius 2 is 1.81 bits per heavy atom. The normalized spacial score (nSPS) is 10.4. The van der Waals surface area contributed by atoms with E-state index in [1.165, 1.54) is 22.3 Å². The van der Waals surface area contributed by atoms with Crippen molar-refractivity contribution >= 4 is 11.6 Å². The zero-order chi connectivity index (χ0) is 15.2. The second kappa shape index (κ2) is 7.07. The molecule has 0 aliphatic heterocycles. The molecule has 1 N–H and O–H groups in total. The molecule has 2 nitrogen and oxygen atoms in total. The van der Waals surface area contributed by atoms with Crippen molar-refractivity contribution in [2.45, 2.75) is 40.0 Å². The van der Waals surface area contributed by atoms with Crippen molar-refractivity contribution in [1.29, 1.82) is 0 Å². The Hall–Kier alpha value is -2.09. The molecule has 2 rings (SSSR count). The summed E-state index contributed by atoms with van der Waals surface area (Å²) in [5.74, 6) is 0.0779. The highest BCUT2D eigenvalue weighted by atomic mass is 16.1. The van der Waals surface area contributed by atoms with Crippen LogP contribution < -0.4 is 5.32 Å². The number of anilines is 1. The molecule has 0 saturated heterocycles. The highest BCUT2D eigenvalue weighted by Crippen LogP contribution is 2.16. The predicted molar refractivity (Wildman–Crippen MR) is 88.7 cm³/mol. The van der Waals surface area contributed by atoms with Gasteiger partial charge in [-0.3, -0.25) is 4.79 Å². The van der Waals surface area contributed by atoms with Crippen molar-refractivity contribution < 1.29 is 4.79 Å². The van der Waals surface area contributed by atoms with Crippen LogP contribution in [0.25, 0.3) is 0 Å². The highest BCUT2D eigenvalue weighted by Gasteiger charge is 2.06. The van der Waals surface area contributed by atoms with E-state index < -0.39 is 0 Å². The molecular weight excluding hydrogens is 258 g/mol. The summed E-state index contributed by atoms with van der Waals surface area (Å²) in [6.07, 6.45) is 2.22. The van der Waals surface area contributed by atoms with Gasteiger partial charge in [0.25, 0.3) is 0 Å². The van der Waals surface area contributed by atoms with E-state index in [1.54, 1.807) is 0 Å². The molecule has 0 aromatic heterocycles. The lowest BCUT2D eigenvalue weighted by Crippen LogP contribution is -2.13. The van der Waals surface area contributed by atoms with Crippen LogP contribution in [-0.2, 0) is 17.6 Å². The molecule has 2 aromatic carbocycles. The molecule has 110 valence electrons. The van der Waals surface area contributed by atoms with Gasteiger partial charge in [0.15, 0.2) is 0 Å². The third-order valence-electron chi connectivity index (χ3n) is 3.88. The zero-order valence-electron chi connectivity index (χ0n) is 13.1. The van der Waals surface area contributed by atoms with Crippen molar-refractivity contribution in [3.8, 4) is 0 Å². The SMILES string of the molecule is CCc1ccccc1NC(=O)CCc1ccc(C)c(C)c1. The van der Waals surface area contributed by atoms with Crippen LogP contribution in [0.15, 0.2) is 42.5 Å². The molecule has 0 unspecified atom stereocenters. The largest absolute Gasteiger partial charge is 0.326 e. The molecule has 0 atom stereocenters. The summed E-state index contributed by atoms with van der Waals surface area (Å²) in [7, 11) is 0. The van der Waals surface area contributed by atoms with Crippen LogP contribution >= 0.6 is 0 Å². The van der Waals surface area contributed by atoms with Gasteiger partial charge in [0.1, 0.15) is 0 Å². The first kappa shape index (κ1) is 15.3. The van der Waals surface area contributed by atoms with Crippen molar-refractivity contribution in [3.63, 3.8) is 0 Å². The van der Waals surface area contributed by atoms with Gasteiger partial charge in [-0.25, -0.2) is 0 Å². The maximum absolute atomic E-state index is 12.1. The lowest BCUT2D eigenvalue weighted by atomic mass is 10.0. The molecule has 0 aliphatic rings. The molecule has 0 spiro atoms. The first-order valence-corrected chi connectivity index (χ1v) is 7.54. The van der Waals surface area contributed by atoms with Gasteiger partial charge in [-0.2, -0.15) is 0 Å². The average Bonchev–Trinajstić information content (AvgIpc) is 2.49. The Morgan fingerprint density at radius 3 is 2.52 bits per heavy atom. The monoisotopic (exact) mass is 281 g/mol. The van der Waals surface area contributed by atoms with E-state index >= 15 is 0 Å². The third kappa shape index (κ3) is 4.19. The van der Waals surface area contributed by atoms with E-state index in [4.69, 9.17) is 0 Å². The average molecular weight is 281 g/mol. The van der Waals surface area contributed by atoms with Gasteiger partial charge in [-0.05, 0) is 55.0 Å². The van der Waals surface area contributed by atoms with Gasteiger partial charge >= 0.3 is 0 Å². The minimum atomic E-state index is 0.0779. The van der Waals surface area contributed by atoms with Crippen molar-refractivity contribution in [1.82, 2.24) is 0 Å². The summed E-state index contributed by atoms with van der Waals surface area (Å²) in [5, 5.41) is 3.02. The molecule has 0 heterocycles. The minimum absolute atomic E-state index is 0.0779. The number of amides is 1. The van der Waals surface area contributed by atoms with E-state index in [0.29, 0.717) is 6.42 Å². The van der Waals surface area contributed by atoms with Gasteiger partial charge in [-0.1, -0.05) is 43.3 Å². The van der Waals surface area contributed by atoms with Crippen LogP contribution in [-0.4, -0.2) is 5.91 Å². The Labute approximate surface area is 127 Å². The summed E-state index contributed by atoms with van der Waals surface area (Å²) in [6.45, 7) is 6.31. The summed E-state index contributed by atoms with van der Waals surface area (Å²) in [4.78, 5) is 12.1. The van der Waals surface area contributed by atoms with Gasteiger partial charge < -0.3 is 5.32 Å². The number of nitrogens with one attached hydrogen (secondary N) is 1. The molecule has 2 aromatic rings. The molecular formula is C19H23NO. The number of rotatable bonds is 5. The lowest BCUT2D eigenvalue weighted by molar-refractivity contribution is -0.116. The second-order valence-corrected chi connectivity index (χ2v) is 5.48. The molecule has 0 radical (unpaired) electrons. The zero-order valence-corrected chi connectivity index (χ0v) is 13.1. The fourth-order valence-corrected chi connectivity index (χ4v) is 2.38. The van der Waals surface area contributed by atoms with Crippen LogP contribution in [0.5, 0.6) is 0 Å². The van der Waals surface area contributed by atoms with Crippen molar-refractivity contribution in [2.24, 2.45) is 0 Å². The number of para-hydroxylation sites is 1. The van der Waals surface area contributed by atoms with E-state index in [9.17, 15) is 4.79 Å². The van der Waals surface area contributed by atoms with Crippen LogP contribution in [0.1, 0.15) is 35.6 Å². The number of hydrogen-bond donors (Lipinski definition) is 1. The molecule has 0 aliphatic carbocycles. The van der Waals surface area contributed by atoms with Gasteiger partial charge in [-0.15, -0.1) is 0 Å². The fourth-order valence-electron chi connectivity index (χ4n) is 2.38. The standard InChI is InChI=1S/C19H23NO/c1-4-17-7-5-6-8-18(17)20-19(21)12-11-16-10-9-14(2)15(3)13-16/h5-10,13H,4,11-12H2,1-3H3,(H,20,21). The minimum Gasteiger partial charge on any atom is -0.326 e. The van der Waals surface area contributed by atoms with Gasteiger partial charge in [0.05, 0.1) is 0 Å².